The van der Waals surface area contributed by atoms with Gasteiger partial charge in [0.15, 0.2) is 0 Å². The highest BCUT2D eigenvalue weighted by molar-refractivity contribution is 7.17. The number of hydrogen-bond donors (Lipinski definition) is 2. The predicted octanol–water partition coefficient (Wildman–Crippen LogP) is 3.61. The van der Waals surface area contributed by atoms with Crippen LogP contribution in [-0.2, 0) is 17.6 Å². The largest absolute Gasteiger partial charge is 0.465 e. The van der Waals surface area contributed by atoms with Crippen molar-refractivity contribution >= 4 is 34.2 Å². The Morgan fingerprint density at radius 1 is 1.50 bits per heavy atom. The van der Waals surface area contributed by atoms with E-state index in [0.29, 0.717) is 22.2 Å². The first-order valence-corrected chi connectivity index (χ1v) is 8.87. The molecule has 0 saturated heterocycles. The van der Waals surface area contributed by atoms with Crippen LogP contribution in [0.2, 0.25) is 0 Å². The molecule has 2 aromatic heterocycles. The third kappa shape index (κ3) is 3.43. The van der Waals surface area contributed by atoms with Crippen LogP contribution in [0.25, 0.3) is 6.08 Å². The zero-order valence-electron chi connectivity index (χ0n) is 13.5. The molecule has 2 heterocycles. The van der Waals surface area contributed by atoms with Crippen LogP contribution in [0.3, 0.4) is 0 Å². The number of nitrogens with two attached hydrogens (primary N) is 1. The van der Waals surface area contributed by atoms with Gasteiger partial charge in [-0.3, -0.25) is 9.59 Å². The van der Waals surface area contributed by atoms with E-state index in [2.05, 4.69) is 12.2 Å². The molecule has 5 nitrogen and oxygen atoms in total. The third-order valence-electron chi connectivity index (χ3n) is 4.37. The Hall–Kier alpha value is -2.34. The van der Waals surface area contributed by atoms with Crippen molar-refractivity contribution in [2.24, 2.45) is 11.7 Å². The molecule has 0 spiro atoms. The molecule has 2 aromatic rings. The molecular formula is C18H20N2O3S. The summed E-state index contributed by atoms with van der Waals surface area (Å²) in [4.78, 5) is 25.2. The maximum absolute atomic E-state index is 12.1. The number of carbonyl (C=O) groups is 2. The minimum Gasteiger partial charge on any atom is -0.465 e. The highest BCUT2D eigenvalue weighted by Gasteiger charge is 2.27. The van der Waals surface area contributed by atoms with Gasteiger partial charge in [-0.05, 0) is 49.0 Å². The minimum absolute atomic E-state index is 0.306. The van der Waals surface area contributed by atoms with Crippen molar-refractivity contribution in [3.8, 4) is 0 Å². The quantitative estimate of drug-likeness (QED) is 0.813. The lowest BCUT2D eigenvalue weighted by atomic mass is 9.85. The Morgan fingerprint density at radius 2 is 2.33 bits per heavy atom. The Labute approximate surface area is 144 Å². The molecule has 2 amide bonds. The summed E-state index contributed by atoms with van der Waals surface area (Å²) in [5, 5.41) is 3.35. The number of fused-ring (bicyclic) bond motifs is 1. The van der Waals surface area contributed by atoms with E-state index in [1.165, 1.54) is 22.3 Å². The summed E-state index contributed by atoms with van der Waals surface area (Å²) < 4.78 is 5.15. The Balaban J connectivity index is 1.81. The van der Waals surface area contributed by atoms with Gasteiger partial charge in [-0.25, -0.2) is 0 Å². The van der Waals surface area contributed by atoms with Gasteiger partial charge in [-0.2, -0.15) is 0 Å². The molecule has 3 rings (SSSR count). The normalized spacial score (nSPS) is 17.0. The van der Waals surface area contributed by atoms with Crippen molar-refractivity contribution in [1.29, 1.82) is 0 Å². The molecule has 1 unspecified atom stereocenters. The van der Waals surface area contributed by atoms with Gasteiger partial charge >= 0.3 is 0 Å². The van der Waals surface area contributed by atoms with Gasteiger partial charge in [0, 0.05) is 11.0 Å². The number of thiophene rings is 1. The van der Waals surface area contributed by atoms with Crippen LogP contribution < -0.4 is 11.1 Å². The summed E-state index contributed by atoms with van der Waals surface area (Å²) in [6.07, 6.45) is 8.50. The van der Waals surface area contributed by atoms with E-state index >= 15 is 0 Å². The highest BCUT2D eigenvalue weighted by atomic mass is 32.1. The second kappa shape index (κ2) is 7.05. The molecule has 0 saturated carbocycles. The number of amides is 2. The molecule has 0 aromatic carbocycles. The van der Waals surface area contributed by atoms with E-state index in [1.54, 1.807) is 24.5 Å². The van der Waals surface area contributed by atoms with Crippen LogP contribution in [-0.4, -0.2) is 11.8 Å². The van der Waals surface area contributed by atoms with Gasteiger partial charge < -0.3 is 15.5 Å². The second-order valence-corrected chi connectivity index (χ2v) is 7.03. The molecule has 3 N–H and O–H groups in total. The van der Waals surface area contributed by atoms with Crippen LogP contribution in [0.5, 0.6) is 0 Å². The Kier molecular flexibility index (Phi) is 4.85. The number of primary amides is 1. The summed E-state index contributed by atoms with van der Waals surface area (Å²) in [7, 11) is 0. The van der Waals surface area contributed by atoms with Crippen molar-refractivity contribution in [2.45, 2.75) is 32.6 Å². The Bertz CT molecular complexity index is 775. The second-order valence-electron chi connectivity index (χ2n) is 5.93. The standard InChI is InChI=1S/C18H20N2O3S/c1-2-11-5-7-13-14(10-11)24-18(16(13)17(19)22)20-15(21)8-6-12-4-3-9-23-12/h3-4,6,8-9,11H,2,5,7,10H2,1H3,(H2,19,22)(H,20,21). The molecule has 0 aliphatic heterocycles. The zero-order valence-corrected chi connectivity index (χ0v) is 14.3. The van der Waals surface area contributed by atoms with Crippen LogP contribution in [0, 0.1) is 5.92 Å². The minimum atomic E-state index is -0.479. The van der Waals surface area contributed by atoms with E-state index in [1.807, 2.05) is 0 Å². The fourth-order valence-electron chi connectivity index (χ4n) is 3.05. The first-order chi connectivity index (χ1) is 11.6. The maximum Gasteiger partial charge on any atom is 0.251 e. The lowest BCUT2D eigenvalue weighted by Gasteiger charge is -2.20. The monoisotopic (exact) mass is 344 g/mol. The zero-order chi connectivity index (χ0) is 17.1. The Morgan fingerprint density at radius 3 is 3.00 bits per heavy atom. The molecule has 0 fully saturated rings. The van der Waals surface area contributed by atoms with Crippen LogP contribution in [0.4, 0.5) is 5.00 Å². The van der Waals surface area contributed by atoms with E-state index in [4.69, 9.17) is 10.2 Å². The van der Waals surface area contributed by atoms with Crippen LogP contribution >= 0.6 is 11.3 Å². The fourth-order valence-corrected chi connectivity index (χ4v) is 4.42. The summed E-state index contributed by atoms with van der Waals surface area (Å²) in [6, 6.07) is 3.51. The molecule has 1 aliphatic rings. The topological polar surface area (TPSA) is 85.3 Å². The van der Waals surface area contributed by atoms with Crippen molar-refractivity contribution < 1.29 is 14.0 Å². The molecule has 1 atom stereocenters. The molecule has 0 radical (unpaired) electrons. The molecule has 24 heavy (non-hydrogen) atoms. The van der Waals surface area contributed by atoms with E-state index in [9.17, 15) is 9.59 Å². The third-order valence-corrected chi connectivity index (χ3v) is 5.54. The lowest BCUT2D eigenvalue weighted by Crippen LogP contribution is -2.19. The van der Waals surface area contributed by atoms with Gasteiger partial charge in [-0.1, -0.05) is 13.3 Å². The summed E-state index contributed by atoms with van der Waals surface area (Å²) in [6.45, 7) is 2.18. The van der Waals surface area contributed by atoms with E-state index < -0.39 is 5.91 Å². The molecule has 6 heteroatoms. The highest BCUT2D eigenvalue weighted by Crippen LogP contribution is 2.40. The van der Waals surface area contributed by atoms with Crippen LogP contribution in [0.1, 0.15) is 46.3 Å². The number of furan rings is 1. The maximum atomic E-state index is 12.1. The predicted molar refractivity (Wildman–Crippen MR) is 95.0 cm³/mol. The van der Waals surface area contributed by atoms with Crippen molar-refractivity contribution in [3.63, 3.8) is 0 Å². The first kappa shape index (κ1) is 16.5. The van der Waals surface area contributed by atoms with E-state index in [-0.39, 0.29) is 5.91 Å². The van der Waals surface area contributed by atoms with E-state index in [0.717, 1.165) is 31.2 Å². The molecular weight excluding hydrogens is 324 g/mol. The van der Waals surface area contributed by atoms with Gasteiger partial charge in [-0.15, -0.1) is 11.3 Å². The van der Waals surface area contributed by atoms with Gasteiger partial charge in [0.25, 0.3) is 5.91 Å². The molecule has 0 bridgehead atoms. The van der Waals surface area contributed by atoms with Gasteiger partial charge in [0.2, 0.25) is 5.91 Å². The van der Waals surface area contributed by atoms with Crippen molar-refractivity contribution in [2.75, 3.05) is 5.32 Å². The van der Waals surface area contributed by atoms with Crippen molar-refractivity contribution in [1.82, 2.24) is 0 Å². The average molecular weight is 344 g/mol. The SMILES string of the molecule is CCC1CCc2c(sc(NC(=O)C=Cc3ccco3)c2C(N)=O)C1. The summed E-state index contributed by atoms with van der Waals surface area (Å²) in [5.74, 6) is 0.447. The summed E-state index contributed by atoms with van der Waals surface area (Å²) in [5.41, 5.74) is 7.05. The lowest BCUT2D eigenvalue weighted by molar-refractivity contribution is -0.111. The van der Waals surface area contributed by atoms with Crippen LogP contribution in [0.15, 0.2) is 28.9 Å². The first-order valence-electron chi connectivity index (χ1n) is 8.05. The molecule has 126 valence electrons. The number of anilines is 1. The van der Waals surface area contributed by atoms with Gasteiger partial charge in [0.05, 0.1) is 11.8 Å². The van der Waals surface area contributed by atoms with Crippen molar-refractivity contribution in [3.05, 3.63) is 46.2 Å². The fraction of sp³-hybridized carbons (Fsp3) is 0.333. The average Bonchev–Trinajstić information content (AvgIpc) is 3.19. The van der Waals surface area contributed by atoms with Gasteiger partial charge in [0.1, 0.15) is 10.8 Å². The number of carbonyl (C=O) groups excluding carboxylic acids is 2. The molecule has 1 aliphatic carbocycles. The number of rotatable bonds is 5. The smallest absolute Gasteiger partial charge is 0.251 e. The number of nitrogens with one attached hydrogen (secondary N) is 1. The number of hydrogen-bond acceptors (Lipinski definition) is 4. The summed E-state index contributed by atoms with van der Waals surface area (Å²) >= 11 is 1.47.